The Morgan fingerprint density at radius 1 is 1.19 bits per heavy atom. The summed E-state index contributed by atoms with van der Waals surface area (Å²) in [6.07, 6.45) is 12.2. The van der Waals surface area contributed by atoms with E-state index in [0.29, 0.717) is 0 Å². The first kappa shape index (κ1) is 21.7. The summed E-state index contributed by atoms with van der Waals surface area (Å²) in [5.41, 5.74) is 1.92. The first-order valence-electron chi connectivity index (χ1n) is 9.92. The van der Waals surface area contributed by atoms with Crippen LogP contribution in [0.25, 0.3) is 11.7 Å². The molecule has 0 spiro atoms. The minimum atomic E-state index is 0. The number of anilines is 1. The van der Waals surface area contributed by atoms with E-state index in [0.717, 1.165) is 69.4 Å². The van der Waals surface area contributed by atoms with Gasteiger partial charge in [0, 0.05) is 19.6 Å². The molecule has 0 radical (unpaired) electrons. The number of nitrogens with one attached hydrogen (secondary N) is 1. The Balaban J connectivity index is 0.00000261. The fourth-order valence-electron chi connectivity index (χ4n) is 3.16. The summed E-state index contributed by atoms with van der Waals surface area (Å²) in [7, 11) is 0. The lowest BCUT2D eigenvalue weighted by molar-refractivity contribution is 0.0378. The SMILES string of the molecule is CCCCCC=Cc1cnc2ccc(NCCCN3CCOCC3)nn12.Cl. The predicted octanol–water partition coefficient (Wildman–Crippen LogP) is 3.88. The average Bonchev–Trinajstić information content (AvgIpc) is 3.08. The molecule has 0 unspecified atom stereocenters. The van der Waals surface area contributed by atoms with Gasteiger partial charge in [-0.2, -0.15) is 0 Å². The van der Waals surface area contributed by atoms with Gasteiger partial charge in [0.1, 0.15) is 5.82 Å². The van der Waals surface area contributed by atoms with Crippen LogP contribution in [-0.2, 0) is 4.74 Å². The van der Waals surface area contributed by atoms with Crippen LogP contribution in [0.1, 0.15) is 44.7 Å². The van der Waals surface area contributed by atoms with Crippen LogP contribution in [0.4, 0.5) is 5.82 Å². The smallest absolute Gasteiger partial charge is 0.154 e. The van der Waals surface area contributed by atoms with E-state index in [1.165, 1.54) is 19.3 Å². The fraction of sp³-hybridized carbons (Fsp3) is 0.600. The van der Waals surface area contributed by atoms with Crippen molar-refractivity contribution in [1.82, 2.24) is 19.5 Å². The van der Waals surface area contributed by atoms with E-state index in [-0.39, 0.29) is 12.4 Å². The molecule has 0 saturated carbocycles. The van der Waals surface area contributed by atoms with Gasteiger partial charge in [-0.1, -0.05) is 25.8 Å². The second kappa shape index (κ2) is 12.0. The number of hydrogen-bond acceptors (Lipinski definition) is 5. The third-order valence-corrected chi connectivity index (χ3v) is 4.71. The zero-order valence-electron chi connectivity index (χ0n) is 16.3. The average molecular weight is 394 g/mol. The molecule has 150 valence electrons. The van der Waals surface area contributed by atoms with Gasteiger partial charge in [-0.25, -0.2) is 9.50 Å². The number of hydrogen-bond donors (Lipinski definition) is 1. The number of aromatic nitrogens is 3. The number of halogens is 1. The molecule has 7 heteroatoms. The van der Waals surface area contributed by atoms with Gasteiger partial charge in [0.05, 0.1) is 25.1 Å². The lowest BCUT2D eigenvalue weighted by atomic mass is 10.2. The Bertz CT molecular complexity index is 697. The van der Waals surface area contributed by atoms with Crippen molar-refractivity contribution in [2.75, 3.05) is 44.7 Å². The highest BCUT2D eigenvalue weighted by atomic mass is 35.5. The zero-order valence-corrected chi connectivity index (χ0v) is 17.1. The highest BCUT2D eigenvalue weighted by molar-refractivity contribution is 5.85. The van der Waals surface area contributed by atoms with Gasteiger partial charge in [-0.05, 0) is 44.0 Å². The van der Waals surface area contributed by atoms with Gasteiger partial charge in [-0.15, -0.1) is 17.5 Å². The van der Waals surface area contributed by atoms with Gasteiger partial charge in [0.15, 0.2) is 5.65 Å². The molecule has 2 aromatic rings. The molecule has 27 heavy (non-hydrogen) atoms. The van der Waals surface area contributed by atoms with Crippen molar-refractivity contribution in [3.8, 4) is 0 Å². The fourth-order valence-corrected chi connectivity index (χ4v) is 3.16. The Morgan fingerprint density at radius 2 is 2.04 bits per heavy atom. The molecular weight excluding hydrogens is 362 g/mol. The van der Waals surface area contributed by atoms with E-state index in [1.54, 1.807) is 0 Å². The topological polar surface area (TPSA) is 54.7 Å². The van der Waals surface area contributed by atoms with Crippen LogP contribution in [0.3, 0.4) is 0 Å². The van der Waals surface area contributed by atoms with Crippen LogP contribution in [-0.4, -0.2) is 58.9 Å². The Kier molecular flexibility index (Phi) is 9.59. The molecule has 0 atom stereocenters. The molecule has 1 aliphatic rings. The maximum absolute atomic E-state index is 5.39. The first-order valence-corrected chi connectivity index (χ1v) is 9.92. The monoisotopic (exact) mass is 393 g/mol. The van der Waals surface area contributed by atoms with Gasteiger partial charge in [-0.3, -0.25) is 4.90 Å². The lowest BCUT2D eigenvalue weighted by Gasteiger charge is -2.26. The standard InChI is InChI=1S/C20H31N5O.ClH/c1-2-3-4-5-6-8-18-17-22-20-10-9-19(23-25(18)20)21-11-7-12-24-13-15-26-16-14-24;/h6,8-10,17H,2-5,7,11-16H2,1H3,(H,21,23);1H. The minimum absolute atomic E-state index is 0. The molecule has 0 amide bonds. The maximum atomic E-state index is 5.39. The third-order valence-electron chi connectivity index (χ3n) is 4.71. The number of ether oxygens (including phenoxy) is 1. The van der Waals surface area contributed by atoms with E-state index >= 15 is 0 Å². The van der Waals surface area contributed by atoms with E-state index < -0.39 is 0 Å². The molecule has 0 aromatic carbocycles. The molecule has 1 N–H and O–H groups in total. The van der Waals surface area contributed by atoms with Crippen molar-refractivity contribution in [3.63, 3.8) is 0 Å². The van der Waals surface area contributed by atoms with E-state index in [4.69, 9.17) is 9.84 Å². The molecule has 1 saturated heterocycles. The number of rotatable bonds is 10. The Hall–Kier alpha value is -1.63. The van der Waals surface area contributed by atoms with Crippen LogP contribution in [0.2, 0.25) is 0 Å². The normalized spacial score (nSPS) is 15.3. The van der Waals surface area contributed by atoms with Crippen LogP contribution >= 0.6 is 12.4 Å². The summed E-state index contributed by atoms with van der Waals surface area (Å²) < 4.78 is 7.30. The van der Waals surface area contributed by atoms with E-state index in [2.05, 4.69) is 34.3 Å². The summed E-state index contributed by atoms with van der Waals surface area (Å²) in [6, 6.07) is 4.03. The number of imidazole rings is 1. The van der Waals surface area contributed by atoms with Crippen molar-refractivity contribution < 1.29 is 4.74 Å². The van der Waals surface area contributed by atoms with Crippen molar-refractivity contribution >= 4 is 29.9 Å². The van der Waals surface area contributed by atoms with Crippen LogP contribution in [0, 0.1) is 0 Å². The third kappa shape index (κ3) is 6.79. The summed E-state index contributed by atoms with van der Waals surface area (Å²) in [5, 5.41) is 8.13. The minimum Gasteiger partial charge on any atom is -0.379 e. The summed E-state index contributed by atoms with van der Waals surface area (Å²) in [4.78, 5) is 6.89. The molecule has 1 fully saturated rings. The van der Waals surface area contributed by atoms with Crippen molar-refractivity contribution in [2.24, 2.45) is 0 Å². The highest BCUT2D eigenvalue weighted by Gasteiger charge is 2.09. The molecular formula is C20H32ClN5O. The van der Waals surface area contributed by atoms with Crippen LogP contribution in [0.15, 0.2) is 24.4 Å². The Morgan fingerprint density at radius 3 is 2.85 bits per heavy atom. The predicted molar refractivity (Wildman–Crippen MR) is 114 cm³/mol. The molecule has 3 heterocycles. The van der Waals surface area contributed by atoms with Crippen molar-refractivity contribution in [2.45, 2.75) is 39.0 Å². The van der Waals surface area contributed by atoms with Crippen molar-refractivity contribution in [1.29, 1.82) is 0 Å². The number of unbranched alkanes of at least 4 members (excludes halogenated alkanes) is 3. The second-order valence-corrected chi connectivity index (χ2v) is 6.80. The zero-order chi connectivity index (χ0) is 18.0. The number of allylic oxidation sites excluding steroid dienone is 1. The molecule has 0 aliphatic carbocycles. The van der Waals surface area contributed by atoms with Crippen LogP contribution in [0.5, 0.6) is 0 Å². The van der Waals surface area contributed by atoms with Gasteiger partial charge in [0.2, 0.25) is 0 Å². The first-order chi connectivity index (χ1) is 12.9. The van der Waals surface area contributed by atoms with E-state index in [1.807, 2.05) is 22.8 Å². The molecule has 2 aromatic heterocycles. The molecule has 1 aliphatic heterocycles. The van der Waals surface area contributed by atoms with Crippen molar-refractivity contribution in [3.05, 3.63) is 30.1 Å². The quantitative estimate of drug-likeness (QED) is 0.621. The molecule has 0 bridgehead atoms. The van der Waals surface area contributed by atoms with Gasteiger partial charge >= 0.3 is 0 Å². The molecule has 6 nitrogen and oxygen atoms in total. The molecule has 3 rings (SSSR count). The van der Waals surface area contributed by atoms with Crippen LogP contribution < -0.4 is 5.32 Å². The van der Waals surface area contributed by atoms with Gasteiger partial charge in [0.25, 0.3) is 0 Å². The number of nitrogens with zero attached hydrogens (tertiary/aromatic N) is 4. The number of morpholine rings is 1. The lowest BCUT2D eigenvalue weighted by Crippen LogP contribution is -2.37. The number of fused-ring (bicyclic) bond motifs is 1. The van der Waals surface area contributed by atoms with E-state index in [9.17, 15) is 0 Å². The maximum Gasteiger partial charge on any atom is 0.154 e. The second-order valence-electron chi connectivity index (χ2n) is 6.80. The highest BCUT2D eigenvalue weighted by Crippen LogP contribution is 2.11. The Labute approximate surface area is 168 Å². The summed E-state index contributed by atoms with van der Waals surface area (Å²) in [5.74, 6) is 0.901. The largest absolute Gasteiger partial charge is 0.379 e. The summed E-state index contributed by atoms with van der Waals surface area (Å²) in [6.45, 7) is 8.08. The summed E-state index contributed by atoms with van der Waals surface area (Å²) >= 11 is 0. The van der Waals surface area contributed by atoms with Gasteiger partial charge < -0.3 is 10.1 Å².